The summed E-state index contributed by atoms with van der Waals surface area (Å²) in [6, 6.07) is 0. The molecule has 1 fully saturated rings. The highest BCUT2D eigenvalue weighted by Gasteiger charge is 2.35. The van der Waals surface area contributed by atoms with Gasteiger partial charge >= 0.3 is 0 Å². The minimum absolute atomic E-state index is 0.231. The van der Waals surface area contributed by atoms with Crippen molar-refractivity contribution in [3.8, 4) is 11.8 Å². The Bertz CT molecular complexity index is 458. The van der Waals surface area contributed by atoms with Crippen LogP contribution in [0, 0.1) is 17.3 Å². The molecule has 2 heteroatoms. The summed E-state index contributed by atoms with van der Waals surface area (Å²) in [6.45, 7) is 16.4. The smallest absolute Gasteiger partial charge is 0.0750 e. The summed E-state index contributed by atoms with van der Waals surface area (Å²) in [5.41, 5.74) is 3.26. The van der Waals surface area contributed by atoms with Gasteiger partial charge in [-0.05, 0) is 25.8 Å². The van der Waals surface area contributed by atoms with Crippen molar-refractivity contribution in [3.05, 3.63) is 36.1 Å². The second-order valence-corrected chi connectivity index (χ2v) is 5.33. The van der Waals surface area contributed by atoms with E-state index in [0.717, 1.165) is 30.0 Å². The van der Waals surface area contributed by atoms with Crippen molar-refractivity contribution in [2.75, 3.05) is 26.8 Å². The molecule has 2 nitrogen and oxygen atoms in total. The van der Waals surface area contributed by atoms with Gasteiger partial charge in [-0.1, -0.05) is 38.8 Å². The first-order valence-corrected chi connectivity index (χ1v) is 7.43. The van der Waals surface area contributed by atoms with Gasteiger partial charge in [-0.3, -0.25) is 0 Å². The summed E-state index contributed by atoms with van der Waals surface area (Å²) >= 11 is 0. The van der Waals surface area contributed by atoms with E-state index >= 15 is 0 Å². The Morgan fingerprint density at radius 1 is 1.40 bits per heavy atom. The molecule has 1 aliphatic heterocycles. The third-order valence-corrected chi connectivity index (χ3v) is 3.61. The van der Waals surface area contributed by atoms with Crippen molar-refractivity contribution in [3.63, 3.8) is 0 Å². The number of ether oxygens (including phenoxy) is 1. The molecule has 110 valence electrons. The summed E-state index contributed by atoms with van der Waals surface area (Å²) < 4.78 is 5.60. The molecular weight excluding hydrogens is 246 g/mol. The van der Waals surface area contributed by atoms with Crippen molar-refractivity contribution in [2.45, 2.75) is 33.6 Å². The highest BCUT2D eigenvalue weighted by molar-refractivity contribution is 5.49. The maximum absolute atomic E-state index is 5.60. The predicted molar refractivity (Wildman–Crippen MR) is 86.3 cm³/mol. The molecule has 0 spiro atoms. The summed E-state index contributed by atoms with van der Waals surface area (Å²) in [7, 11) is 2.05. The van der Waals surface area contributed by atoms with Crippen molar-refractivity contribution < 1.29 is 4.74 Å². The molecule has 0 radical (unpaired) electrons. The Kier molecular flexibility index (Phi) is 6.10. The molecular formula is C18H27NO. The van der Waals surface area contributed by atoms with Gasteiger partial charge in [-0.2, -0.15) is 0 Å². The van der Waals surface area contributed by atoms with Crippen LogP contribution < -0.4 is 0 Å². The van der Waals surface area contributed by atoms with Crippen LogP contribution in [0.15, 0.2) is 36.1 Å². The third-order valence-electron chi connectivity index (χ3n) is 3.61. The van der Waals surface area contributed by atoms with E-state index in [-0.39, 0.29) is 5.41 Å². The highest BCUT2D eigenvalue weighted by Crippen LogP contribution is 2.44. The largest absolute Gasteiger partial charge is 0.375 e. The lowest BCUT2D eigenvalue weighted by atomic mass is 10.0. The van der Waals surface area contributed by atoms with Gasteiger partial charge in [0.2, 0.25) is 0 Å². The van der Waals surface area contributed by atoms with Crippen LogP contribution in [-0.2, 0) is 4.74 Å². The minimum atomic E-state index is 0.231. The van der Waals surface area contributed by atoms with Gasteiger partial charge < -0.3 is 9.64 Å². The zero-order valence-corrected chi connectivity index (χ0v) is 13.4. The molecule has 0 bridgehead atoms. The zero-order chi connectivity index (χ0) is 15.2. The molecule has 2 rings (SSSR count). The predicted octanol–water partition coefficient (Wildman–Crippen LogP) is 3.77. The summed E-state index contributed by atoms with van der Waals surface area (Å²) in [5.74, 6) is 6.53. The molecule has 0 aromatic heterocycles. The minimum Gasteiger partial charge on any atom is -0.375 e. The Morgan fingerprint density at radius 3 is 2.60 bits per heavy atom. The fourth-order valence-corrected chi connectivity index (χ4v) is 1.94. The molecule has 0 unspecified atom stereocenters. The molecule has 0 N–H and O–H groups in total. The Hall–Kier alpha value is -1.46. The van der Waals surface area contributed by atoms with E-state index in [1.807, 2.05) is 19.9 Å². The van der Waals surface area contributed by atoms with E-state index in [9.17, 15) is 0 Å². The first-order valence-electron chi connectivity index (χ1n) is 7.43. The van der Waals surface area contributed by atoms with Crippen LogP contribution in [0.4, 0.5) is 0 Å². The van der Waals surface area contributed by atoms with Gasteiger partial charge in [0, 0.05) is 35.9 Å². The fourth-order valence-electron chi connectivity index (χ4n) is 1.94. The van der Waals surface area contributed by atoms with E-state index in [4.69, 9.17) is 4.74 Å². The maximum Gasteiger partial charge on any atom is 0.0750 e. The lowest BCUT2D eigenvalue weighted by molar-refractivity contribution is 0.153. The van der Waals surface area contributed by atoms with Crippen molar-refractivity contribution in [1.29, 1.82) is 0 Å². The molecule has 20 heavy (non-hydrogen) atoms. The first-order chi connectivity index (χ1) is 9.56. The van der Waals surface area contributed by atoms with E-state index in [0.29, 0.717) is 6.61 Å². The van der Waals surface area contributed by atoms with Gasteiger partial charge in [0.05, 0.1) is 13.2 Å². The second kappa shape index (κ2) is 7.36. The summed E-state index contributed by atoms with van der Waals surface area (Å²) in [5, 5.41) is 0. The molecule has 0 amide bonds. The zero-order valence-electron chi connectivity index (χ0n) is 13.4. The number of likely N-dealkylation sites (N-methyl/N-ethyl adjacent to an activating group) is 1. The Balaban J connectivity index is 0.000000956. The van der Waals surface area contributed by atoms with Gasteiger partial charge in [0.1, 0.15) is 0 Å². The van der Waals surface area contributed by atoms with E-state index in [2.05, 4.69) is 43.9 Å². The highest BCUT2D eigenvalue weighted by atomic mass is 16.5. The number of hydrogen-bond acceptors (Lipinski definition) is 2. The molecule has 2 aliphatic rings. The van der Waals surface area contributed by atoms with Crippen LogP contribution in [-0.4, -0.2) is 31.7 Å². The molecule has 0 atom stereocenters. The summed E-state index contributed by atoms with van der Waals surface area (Å²) in [4.78, 5) is 2.15. The van der Waals surface area contributed by atoms with Crippen LogP contribution in [0.25, 0.3) is 0 Å². The van der Waals surface area contributed by atoms with Gasteiger partial charge in [0.15, 0.2) is 0 Å². The standard InChI is InChI=1S/C16H21NO.C2H6/c1-5-15-14(12-18-11-10-17(15)4)13(2)6-7-16(3)8-9-16;1-2/h5H,1-2,8-12H2,3-4H3;1-2H3. The van der Waals surface area contributed by atoms with Crippen molar-refractivity contribution >= 4 is 0 Å². The third kappa shape index (κ3) is 4.28. The molecule has 0 aromatic rings. The fraction of sp³-hybridized carbons (Fsp3) is 0.556. The topological polar surface area (TPSA) is 12.5 Å². The van der Waals surface area contributed by atoms with Crippen molar-refractivity contribution in [1.82, 2.24) is 4.90 Å². The van der Waals surface area contributed by atoms with Crippen LogP contribution in [0.1, 0.15) is 33.6 Å². The number of hydrogen-bond donors (Lipinski definition) is 0. The first kappa shape index (κ1) is 16.6. The second-order valence-electron chi connectivity index (χ2n) is 5.33. The molecule has 0 saturated heterocycles. The van der Waals surface area contributed by atoms with Crippen molar-refractivity contribution in [2.24, 2.45) is 5.41 Å². The normalized spacial score (nSPS) is 19.9. The Morgan fingerprint density at radius 2 is 2.05 bits per heavy atom. The lowest BCUT2D eigenvalue weighted by Crippen LogP contribution is -2.20. The molecule has 1 heterocycles. The Labute approximate surface area is 124 Å². The number of nitrogens with zero attached hydrogens (tertiary/aromatic N) is 1. The van der Waals surface area contributed by atoms with Gasteiger partial charge in [-0.15, -0.1) is 0 Å². The monoisotopic (exact) mass is 273 g/mol. The van der Waals surface area contributed by atoms with E-state index in [1.165, 1.54) is 12.8 Å². The average Bonchev–Trinajstić information content (AvgIpc) is 3.22. The molecule has 0 aromatic carbocycles. The van der Waals surface area contributed by atoms with Crippen LogP contribution >= 0.6 is 0 Å². The lowest BCUT2D eigenvalue weighted by Gasteiger charge is -2.19. The quantitative estimate of drug-likeness (QED) is 0.710. The summed E-state index contributed by atoms with van der Waals surface area (Å²) in [6.07, 6.45) is 4.28. The van der Waals surface area contributed by atoms with Crippen LogP contribution in [0.5, 0.6) is 0 Å². The van der Waals surface area contributed by atoms with Gasteiger partial charge in [0.25, 0.3) is 0 Å². The van der Waals surface area contributed by atoms with E-state index in [1.54, 1.807) is 0 Å². The molecule has 1 aliphatic carbocycles. The number of rotatable bonds is 2. The molecule has 1 saturated carbocycles. The van der Waals surface area contributed by atoms with Gasteiger partial charge in [-0.25, -0.2) is 0 Å². The SMILES string of the molecule is C=CC1=C(C(=C)C#CC2(C)CC2)COCCN1C.CC. The maximum atomic E-state index is 5.60. The van der Waals surface area contributed by atoms with Crippen LogP contribution in [0.3, 0.4) is 0 Å². The average molecular weight is 273 g/mol. The van der Waals surface area contributed by atoms with Crippen LogP contribution in [0.2, 0.25) is 0 Å². The number of allylic oxidation sites excluding steroid dienone is 1. The van der Waals surface area contributed by atoms with E-state index < -0.39 is 0 Å².